The molecule has 2 aliphatic carbocycles. The fourth-order valence-electron chi connectivity index (χ4n) is 3.43. The number of nitrogens with zero attached hydrogens (tertiary/aromatic N) is 4. The van der Waals surface area contributed by atoms with Crippen LogP contribution in [0.2, 0.25) is 0 Å². The minimum Gasteiger partial charge on any atom is -0.311 e. The second-order valence-corrected chi connectivity index (χ2v) is 16.6. The van der Waals surface area contributed by atoms with E-state index in [0.717, 1.165) is 6.21 Å². The Morgan fingerprint density at radius 1 is 0.518 bits per heavy atom. The summed E-state index contributed by atoms with van der Waals surface area (Å²) >= 11 is 0. The third-order valence-corrected chi connectivity index (χ3v) is 8.60. The van der Waals surface area contributed by atoms with Gasteiger partial charge in [-0.05, 0) is 69.9 Å². The number of benzene rings is 3. The maximum atomic E-state index is 13.2. The molecule has 2 aliphatic rings. The number of hydrogen-bond donors (Lipinski definition) is 0. The summed E-state index contributed by atoms with van der Waals surface area (Å²) < 4.78 is 64.8. The fourth-order valence-corrected chi connectivity index (χ4v) is 5.74. The SMILES string of the molecule is Fc1c(F)c(F)c(N=C[C]2[CH][CH][CH][CH]2)c(F)c1F.[C-]#[N+]C(C)(C)C.[C-]#[N+]C(C)(C)C.[C-]#[N+]C(C)(C)C.[CH]1[CH][CH][C](P(c2ccccc2)c2ccccc2)[CH]1.[Fe+2].[Ni]. The topological polar surface area (TPSA) is 25.4 Å². The van der Waals surface area contributed by atoms with Crippen molar-refractivity contribution in [3.8, 4) is 0 Å². The van der Waals surface area contributed by atoms with Crippen molar-refractivity contribution in [2.24, 2.45) is 4.99 Å². The van der Waals surface area contributed by atoms with Crippen LogP contribution in [0.25, 0.3) is 14.5 Å². The quantitative estimate of drug-likeness (QED) is 0.0464. The van der Waals surface area contributed by atoms with Gasteiger partial charge in [0.15, 0.2) is 23.3 Å². The smallest absolute Gasteiger partial charge is 0.311 e. The van der Waals surface area contributed by atoms with Gasteiger partial charge in [-0.15, -0.1) is 0 Å². The summed E-state index contributed by atoms with van der Waals surface area (Å²) in [5.41, 5.74) is -0.282. The Morgan fingerprint density at radius 2 is 0.804 bits per heavy atom. The van der Waals surface area contributed by atoms with E-state index >= 15 is 0 Å². The molecule has 56 heavy (non-hydrogen) atoms. The maximum absolute atomic E-state index is 13.2. The third kappa shape index (κ3) is 21.4. The molecule has 0 aliphatic heterocycles. The first-order valence-electron chi connectivity index (χ1n) is 16.7. The summed E-state index contributed by atoms with van der Waals surface area (Å²) in [6.45, 7) is 36.4. The Balaban J connectivity index is 0. The molecule has 0 amide bonds. The Hall–Kier alpha value is -3.11. The molecule has 3 aromatic carbocycles. The first kappa shape index (κ1) is 55.0. The van der Waals surface area contributed by atoms with Gasteiger partial charge in [-0.25, -0.2) is 41.7 Å². The summed E-state index contributed by atoms with van der Waals surface area (Å²) in [5.74, 6) is -9.63. The molecular formula is C44H46F5FeN4NiP+2. The summed E-state index contributed by atoms with van der Waals surface area (Å²) in [7, 11) is -0.409. The first-order valence-corrected chi connectivity index (χ1v) is 18.0. The van der Waals surface area contributed by atoms with E-state index in [-0.39, 0.29) is 50.2 Å². The van der Waals surface area contributed by atoms with Crippen molar-refractivity contribution in [2.75, 3.05) is 0 Å². The number of aliphatic imine (C=N–C) groups is 1. The average molecular weight is 871 g/mol. The Kier molecular flexibility index (Phi) is 26.3. The van der Waals surface area contributed by atoms with Crippen LogP contribution in [0, 0.1) is 112 Å². The van der Waals surface area contributed by atoms with E-state index in [0.29, 0.717) is 5.92 Å². The van der Waals surface area contributed by atoms with Crippen LogP contribution in [-0.4, -0.2) is 22.8 Å². The molecule has 4 nitrogen and oxygen atoms in total. The van der Waals surface area contributed by atoms with Crippen molar-refractivity contribution in [1.29, 1.82) is 0 Å². The molecule has 5 rings (SSSR count). The minimum absolute atomic E-state index is 0. The first-order chi connectivity index (χ1) is 25.2. The van der Waals surface area contributed by atoms with Gasteiger partial charge in [-0.3, -0.25) is 4.99 Å². The van der Waals surface area contributed by atoms with E-state index in [1.807, 2.05) is 62.3 Å². The summed E-state index contributed by atoms with van der Waals surface area (Å²) in [6.07, 6.45) is 16.1. The normalized spacial score (nSPS) is 14.0. The van der Waals surface area contributed by atoms with E-state index < -0.39 is 42.7 Å². The predicted octanol–water partition coefficient (Wildman–Crippen LogP) is 12.1. The molecule has 0 N–H and O–H groups in total. The van der Waals surface area contributed by atoms with Gasteiger partial charge in [-0.1, -0.05) is 60.7 Å². The zero-order chi connectivity index (χ0) is 41.1. The zero-order valence-electron chi connectivity index (χ0n) is 32.8. The van der Waals surface area contributed by atoms with Crippen LogP contribution in [0.4, 0.5) is 27.6 Å². The van der Waals surface area contributed by atoms with Crippen LogP contribution in [0.5, 0.6) is 0 Å². The minimum atomic E-state index is -2.20. The molecular weight excluding hydrogens is 825 g/mol. The molecule has 0 heterocycles. The zero-order valence-corrected chi connectivity index (χ0v) is 35.8. The van der Waals surface area contributed by atoms with Crippen LogP contribution >= 0.6 is 7.92 Å². The maximum Gasteiger partial charge on any atom is 2.00 e. The van der Waals surface area contributed by atoms with Crippen molar-refractivity contribution in [3.05, 3.63) is 187 Å². The molecule has 298 valence electrons. The summed E-state index contributed by atoms with van der Waals surface area (Å²) in [4.78, 5) is 13.1. The van der Waals surface area contributed by atoms with Crippen LogP contribution in [0.3, 0.4) is 0 Å². The Morgan fingerprint density at radius 3 is 1.11 bits per heavy atom. The largest absolute Gasteiger partial charge is 2.00 e. The van der Waals surface area contributed by atoms with Gasteiger partial charge in [0.25, 0.3) is 0 Å². The predicted molar refractivity (Wildman–Crippen MR) is 213 cm³/mol. The molecule has 12 heteroatoms. The second kappa shape index (κ2) is 26.7. The van der Waals surface area contributed by atoms with Crippen molar-refractivity contribution in [2.45, 2.75) is 78.9 Å². The number of hydrogen-bond acceptors (Lipinski definition) is 1. The van der Waals surface area contributed by atoms with Crippen molar-refractivity contribution >= 4 is 30.4 Å². The summed E-state index contributed by atoms with van der Waals surface area (Å²) in [5, 5.41) is 2.81. The standard InChI is InChI=1S/C17H14P.C12H5F5N.3C5H9N.Fe.Ni/c1-3-9-15(10-4-1)18(17-13-7-8-14-17)16-11-5-2-6-12-16;13-7-8(14)10(16)12(11(17)9(7)15)18-5-6-3-1-2-4-6;3*1-5(2,3)6-4;;/h1-14H;1-5H;3*1-3H3;;/q;;;;;+2;. The summed E-state index contributed by atoms with van der Waals surface area (Å²) in [6, 6.07) is 21.6. The van der Waals surface area contributed by atoms with Gasteiger partial charge in [-0.2, -0.15) is 0 Å². The van der Waals surface area contributed by atoms with E-state index in [9.17, 15) is 22.0 Å². The van der Waals surface area contributed by atoms with Gasteiger partial charge < -0.3 is 14.5 Å². The molecule has 0 aromatic heterocycles. The Labute approximate surface area is 355 Å². The number of halogens is 5. The van der Waals surface area contributed by atoms with Gasteiger partial charge in [0.1, 0.15) is 5.69 Å². The molecule has 0 unspecified atom stereocenters. The number of rotatable bonds is 5. The monoisotopic (exact) mass is 870 g/mol. The molecule has 2 fully saturated rings. The van der Waals surface area contributed by atoms with Gasteiger partial charge >= 0.3 is 17.1 Å². The van der Waals surface area contributed by atoms with E-state index in [1.54, 1.807) is 25.7 Å². The molecule has 0 spiro atoms. The van der Waals surface area contributed by atoms with E-state index in [4.69, 9.17) is 19.7 Å². The molecule has 3 aromatic rings. The molecule has 0 atom stereocenters. The van der Waals surface area contributed by atoms with Crippen LogP contribution in [-0.2, 0) is 33.6 Å². The van der Waals surface area contributed by atoms with E-state index in [1.165, 1.54) is 16.3 Å². The van der Waals surface area contributed by atoms with E-state index in [2.05, 4.69) is 106 Å². The van der Waals surface area contributed by atoms with Gasteiger partial charge in [0.05, 0.1) is 0 Å². The molecule has 0 saturated heterocycles. The second-order valence-electron chi connectivity index (χ2n) is 14.4. The molecule has 2 saturated carbocycles. The van der Waals surface area contributed by atoms with Crippen LogP contribution < -0.4 is 10.6 Å². The fraction of sp³-hybridized carbons (Fsp3) is 0.273. The van der Waals surface area contributed by atoms with Gasteiger partial charge in [0.2, 0.25) is 22.4 Å². The third-order valence-electron chi connectivity index (χ3n) is 6.16. The van der Waals surface area contributed by atoms with Gasteiger partial charge in [0, 0.05) is 96.6 Å². The van der Waals surface area contributed by atoms with Crippen molar-refractivity contribution < 1.29 is 55.5 Å². The molecule has 10 radical (unpaired) electrons. The van der Waals surface area contributed by atoms with Crippen LogP contribution in [0.15, 0.2) is 65.7 Å². The molecule has 0 bridgehead atoms. The van der Waals surface area contributed by atoms with Crippen LogP contribution in [0.1, 0.15) is 62.3 Å². The van der Waals surface area contributed by atoms with Crippen molar-refractivity contribution in [3.63, 3.8) is 0 Å². The van der Waals surface area contributed by atoms with Crippen molar-refractivity contribution in [1.82, 2.24) is 0 Å². The Bertz CT molecular complexity index is 1600. The average Bonchev–Trinajstić information content (AvgIpc) is 3.87.